The molecule has 0 bridgehead atoms. The van der Waals surface area contributed by atoms with Crippen LogP contribution in [0.2, 0.25) is 5.02 Å². The molecule has 0 saturated heterocycles. The lowest BCUT2D eigenvalue weighted by molar-refractivity contribution is 0.362. The quantitative estimate of drug-likeness (QED) is 0.602. The van der Waals surface area contributed by atoms with Crippen molar-refractivity contribution in [3.63, 3.8) is 0 Å². The van der Waals surface area contributed by atoms with E-state index in [1.54, 1.807) is 12.1 Å². The molecular weight excluding hydrogens is 282 g/mol. The molecule has 1 aliphatic rings. The average Bonchev–Trinajstić information content (AvgIpc) is 2.33. The highest BCUT2D eigenvalue weighted by molar-refractivity contribution is 6.31. The molecule has 0 aliphatic heterocycles. The second-order valence-electron chi connectivity index (χ2n) is 5.53. The predicted molar refractivity (Wildman–Crippen MR) is 80.6 cm³/mol. The topological polar surface area (TPSA) is 0 Å². The van der Waals surface area contributed by atoms with Crippen LogP contribution < -0.4 is 0 Å². The number of rotatable bonds is 3. The van der Waals surface area contributed by atoms with Gasteiger partial charge in [0.1, 0.15) is 5.82 Å². The molecule has 1 aromatic rings. The van der Waals surface area contributed by atoms with Crippen LogP contribution in [0.3, 0.4) is 0 Å². The first-order valence-corrected chi connectivity index (χ1v) is 8.07. The summed E-state index contributed by atoms with van der Waals surface area (Å²) in [6.45, 7) is 0. The lowest BCUT2D eigenvalue weighted by atomic mass is 9.86. The van der Waals surface area contributed by atoms with Crippen LogP contribution in [0.15, 0.2) is 18.2 Å². The van der Waals surface area contributed by atoms with Crippen LogP contribution in [0.1, 0.15) is 50.5 Å². The van der Waals surface area contributed by atoms with Crippen LogP contribution in [0.4, 0.5) is 4.39 Å². The Hall–Kier alpha value is -0.270. The van der Waals surface area contributed by atoms with E-state index in [-0.39, 0.29) is 11.2 Å². The van der Waals surface area contributed by atoms with Gasteiger partial charge in [-0.3, -0.25) is 0 Å². The first-order valence-electron chi connectivity index (χ1n) is 7.25. The van der Waals surface area contributed by atoms with Crippen molar-refractivity contribution in [1.82, 2.24) is 0 Å². The van der Waals surface area contributed by atoms with Gasteiger partial charge in [-0.15, -0.1) is 11.6 Å². The van der Waals surface area contributed by atoms with Gasteiger partial charge in [0.25, 0.3) is 0 Å². The van der Waals surface area contributed by atoms with E-state index in [9.17, 15) is 4.39 Å². The minimum atomic E-state index is -0.232. The molecule has 0 N–H and O–H groups in total. The van der Waals surface area contributed by atoms with Crippen LogP contribution in [-0.2, 0) is 6.42 Å². The highest BCUT2D eigenvalue weighted by Gasteiger charge is 2.22. The maximum Gasteiger partial charge on any atom is 0.127 e. The molecule has 106 valence electrons. The van der Waals surface area contributed by atoms with Gasteiger partial charge in [-0.25, -0.2) is 4.39 Å². The fraction of sp³-hybridized carbons (Fsp3) is 0.625. The van der Waals surface area contributed by atoms with Gasteiger partial charge in [0, 0.05) is 16.0 Å². The van der Waals surface area contributed by atoms with Crippen molar-refractivity contribution >= 4 is 23.2 Å². The Kier molecular flexibility index (Phi) is 5.97. The van der Waals surface area contributed by atoms with Gasteiger partial charge in [0.05, 0.1) is 0 Å². The molecule has 3 heteroatoms. The molecule has 1 fully saturated rings. The summed E-state index contributed by atoms with van der Waals surface area (Å²) in [5.74, 6) is 0.265. The van der Waals surface area contributed by atoms with E-state index >= 15 is 0 Å². The second kappa shape index (κ2) is 7.50. The van der Waals surface area contributed by atoms with Gasteiger partial charge < -0.3 is 0 Å². The van der Waals surface area contributed by atoms with Crippen molar-refractivity contribution < 1.29 is 4.39 Å². The average molecular weight is 303 g/mol. The zero-order valence-corrected chi connectivity index (χ0v) is 12.7. The molecule has 0 amide bonds. The molecule has 19 heavy (non-hydrogen) atoms. The number of benzene rings is 1. The van der Waals surface area contributed by atoms with E-state index in [2.05, 4.69) is 0 Å². The lowest BCUT2D eigenvalue weighted by Crippen LogP contribution is -2.19. The Labute approximate surface area is 125 Å². The zero-order chi connectivity index (χ0) is 13.7. The Balaban J connectivity index is 2.00. The summed E-state index contributed by atoms with van der Waals surface area (Å²) in [6, 6.07) is 4.84. The van der Waals surface area contributed by atoms with E-state index in [0.29, 0.717) is 22.9 Å². The number of halogens is 3. The smallest absolute Gasteiger partial charge is 0.127 e. The van der Waals surface area contributed by atoms with Crippen molar-refractivity contribution in [3.05, 3.63) is 34.6 Å². The first kappa shape index (κ1) is 15.1. The second-order valence-corrected chi connectivity index (χ2v) is 6.49. The third kappa shape index (κ3) is 4.36. The van der Waals surface area contributed by atoms with Crippen molar-refractivity contribution in [1.29, 1.82) is 0 Å². The summed E-state index contributed by atoms with van der Waals surface area (Å²) in [5.41, 5.74) is 0.575. The van der Waals surface area contributed by atoms with Crippen LogP contribution >= 0.6 is 23.2 Å². The van der Waals surface area contributed by atoms with Gasteiger partial charge in [-0.05, 0) is 37.3 Å². The Morgan fingerprint density at radius 2 is 1.74 bits per heavy atom. The zero-order valence-electron chi connectivity index (χ0n) is 11.2. The number of alkyl halides is 1. The fourth-order valence-electron chi connectivity index (χ4n) is 2.94. The number of hydrogen-bond acceptors (Lipinski definition) is 0. The third-order valence-electron chi connectivity index (χ3n) is 4.12. The standard InChI is InChI=1S/C16H21Cl2F/c17-14-9-6-10-16(19)13(14)11-15(18)12-7-4-2-1-3-5-8-12/h6,9-10,12,15H,1-5,7-8,11H2. The summed E-state index contributed by atoms with van der Waals surface area (Å²) < 4.78 is 13.8. The monoisotopic (exact) mass is 302 g/mol. The molecule has 1 aromatic carbocycles. The molecule has 0 spiro atoms. The van der Waals surface area contributed by atoms with E-state index in [1.165, 1.54) is 51.0 Å². The normalized spacial score (nSPS) is 19.7. The minimum absolute atomic E-state index is 0.00694. The predicted octanol–water partition coefficient (Wildman–Crippen LogP) is 5.99. The summed E-state index contributed by atoms with van der Waals surface area (Å²) in [7, 11) is 0. The first-order chi connectivity index (χ1) is 9.18. The molecule has 0 radical (unpaired) electrons. The summed E-state index contributed by atoms with van der Waals surface area (Å²) >= 11 is 12.6. The maximum absolute atomic E-state index is 13.8. The SMILES string of the molecule is Fc1cccc(Cl)c1CC(Cl)C1CCCCCCC1. The molecule has 0 nitrogen and oxygen atoms in total. The van der Waals surface area contributed by atoms with Crippen LogP contribution in [-0.4, -0.2) is 5.38 Å². The molecule has 0 heterocycles. The minimum Gasteiger partial charge on any atom is -0.207 e. The van der Waals surface area contributed by atoms with E-state index in [0.717, 1.165) is 0 Å². The highest BCUT2D eigenvalue weighted by Crippen LogP contribution is 2.31. The molecular formula is C16H21Cl2F. The van der Waals surface area contributed by atoms with E-state index in [4.69, 9.17) is 23.2 Å². The summed E-state index contributed by atoms with van der Waals surface area (Å²) in [5, 5.41) is 0.490. The lowest BCUT2D eigenvalue weighted by Gasteiger charge is -2.24. The Morgan fingerprint density at radius 1 is 1.11 bits per heavy atom. The molecule has 1 unspecified atom stereocenters. The van der Waals surface area contributed by atoms with Gasteiger partial charge in [0.15, 0.2) is 0 Å². The van der Waals surface area contributed by atoms with Crippen molar-refractivity contribution in [2.45, 2.75) is 56.7 Å². The Morgan fingerprint density at radius 3 is 2.37 bits per heavy atom. The van der Waals surface area contributed by atoms with Crippen molar-refractivity contribution in [2.24, 2.45) is 5.92 Å². The molecule has 1 saturated carbocycles. The van der Waals surface area contributed by atoms with Crippen LogP contribution in [0.5, 0.6) is 0 Å². The van der Waals surface area contributed by atoms with Crippen LogP contribution in [0.25, 0.3) is 0 Å². The summed E-state index contributed by atoms with van der Waals surface area (Å²) in [6.07, 6.45) is 9.33. The summed E-state index contributed by atoms with van der Waals surface area (Å²) in [4.78, 5) is 0. The van der Waals surface area contributed by atoms with Crippen molar-refractivity contribution in [3.8, 4) is 0 Å². The maximum atomic E-state index is 13.8. The molecule has 1 aliphatic carbocycles. The van der Waals surface area contributed by atoms with Gasteiger partial charge in [-0.2, -0.15) is 0 Å². The molecule has 0 aromatic heterocycles. The number of hydrogen-bond donors (Lipinski definition) is 0. The molecule has 1 atom stereocenters. The van der Waals surface area contributed by atoms with Gasteiger partial charge in [-0.1, -0.05) is 49.8 Å². The van der Waals surface area contributed by atoms with E-state index in [1.807, 2.05) is 0 Å². The largest absolute Gasteiger partial charge is 0.207 e. The fourth-order valence-corrected chi connectivity index (χ4v) is 3.58. The van der Waals surface area contributed by atoms with Crippen LogP contribution in [0, 0.1) is 11.7 Å². The Bertz CT molecular complexity index is 377. The van der Waals surface area contributed by atoms with E-state index < -0.39 is 0 Å². The molecule has 2 rings (SSSR count). The third-order valence-corrected chi connectivity index (χ3v) is 4.99. The van der Waals surface area contributed by atoms with Crippen molar-refractivity contribution in [2.75, 3.05) is 0 Å². The van der Waals surface area contributed by atoms with Gasteiger partial charge >= 0.3 is 0 Å². The van der Waals surface area contributed by atoms with Gasteiger partial charge in [0.2, 0.25) is 0 Å². The highest BCUT2D eigenvalue weighted by atomic mass is 35.5.